The number of esters is 2. The summed E-state index contributed by atoms with van der Waals surface area (Å²) in [6.07, 6.45) is -31.8. The topological polar surface area (TPSA) is 605 Å². The Labute approximate surface area is 664 Å². The zero-order chi connectivity index (χ0) is 83.6. The van der Waals surface area contributed by atoms with Crippen LogP contribution < -0.4 is 0 Å². The second kappa shape index (κ2) is 52.6. The van der Waals surface area contributed by atoms with Gasteiger partial charge in [0, 0.05) is 12.8 Å². The summed E-state index contributed by atoms with van der Waals surface area (Å²) in [6, 6.07) is 0. The van der Waals surface area contributed by atoms with Crippen LogP contribution in [0, 0.1) is 0 Å². The minimum Gasteiger partial charge on any atom is -0.462 e. The predicted octanol–water partition coefficient (Wildman–Crippen LogP) is -2.04. The van der Waals surface area contributed by atoms with Crippen molar-refractivity contribution in [2.24, 2.45) is 0 Å². The molecule has 6 aliphatic rings. The van der Waals surface area contributed by atoms with Crippen molar-refractivity contribution >= 4 is 19.8 Å². The van der Waals surface area contributed by atoms with Gasteiger partial charge in [0.05, 0.1) is 39.6 Å². The van der Waals surface area contributed by atoms with Crippen LogP contribution in [0.25, 0.3) is 0 Å². The van der Waals surface area contributed by atoms with Crippen LogP contribution in [0.2, 0.25) is 0 Å². The quantitative estimate of drug-likeness (QED) is 0.0135. The smallest absolute Gasteiger partial charge is 0.462 e. The van der Waals surface area contributed by atoms with E-state index in [2.05, 4.69) is 38.2 Å². The molecule has 14 unspecified atom stereocenters. The van der Waals surface area contributed by atoms with E-state index in [1.165, 1.54) is 70.6 Å². The van der Waals surface area contributed by atoms with Crippen molar-refractivity contribution in [2.75, 3.05) is 46.2 Å². The number of phosphoric acid groups is 1. The first-order chi connectivity index (χ1) is 54.5. The Morgan fingerprint density at radius 2 is 0.658 bits per heavy atom. The van der Waals surface area contributed by atoms with Crippen LogP contribution in [-0.2, 0) is 80.0 Å². The lowest BCUT2D eigenvalue weighted by atomic mass is 9.84. The first-order valence-corrected chi connectivity index (χ1v) is 42.2. The normalized spacial score (nSPS) is 37.8. The summed E-state index contributed by atoms with van der Waals surface area (Å²) in [5.41, 5.74) is 0. The summed E-state index contributed by atoms with van der Waals surface area (Å²) in [4.78, 5) is 38.4. The van der Waals surface area contributed by atoms with Gasteiger partial charge in [-0.2, -0.15) is 0 Å². The SMILES string of the molecule is CCCCC/C=C\C/C=C\CCCCCCCC(=O)OC[C@H](COP(=O)(O)O[C@@H]1C(O[C@@H]2OC(CO[C@@H]3OC(CO[C@@H]4OC(CO[C@@H]5OC(CO)[C@H](O)C(O)[C@@H]5O)[C@H](O)C(O)[C@@H]4O)[C@H](O)C(O)[C@@H]3O)[C@H](O)C(O)[C@@H]2O)C(O)[C@@H](O)C(O)[C@H]1O[C@H]1OC(CO)[C@@H](O)C(O)[C@H]1O)OC(=O)CCCCCCCCCCCCCCCCC. The maximum Gasteiger partial charge on any atom is 0.472 e. The summed E-state index contributed by atoms with van der Waals surface area (Å²) in [7, 11) is -5.86. The second-order valence-electron chi connectivity index (χ2n) is 30.4. The number of carbonyl (C=O) groups excluding carboxylic acids is 2. The largest absolute Gasteiger partial charge is 0.472 e. The molecule has 5 aliphatic heterocycles. The lowest BCUT2D eigenvalue weighted by Crippen LogP contribution is -2.69. The molecule has 666 valence electrons. The number of rotatable bonds is 53. The summed E-state index contributed by atoms with van der Waals surface area (Å²) in [6.45, 7) is -1.93. The zero-order valence-electron chi connectivity index (χ0n) is 65.3. The van der Waals surface area contributed by atoms with Crippen LogP contribution >= 0.6 is 7.82 Å². The highest BCUT2D eigenvalue weighted by molar-refractivity contribution is 7.47. The molecule has 1 saturated carbocycles. The van der Waals surface area contributed by atoms with Gasteiger partial charge < -0.3 is 164 Å². The molecule has 0 amide bonds. The van der Waals surface area contributed by atoms with E-state index in [-0.39, 0.29) is 12.8 Å². The van der Waals surface area contributed by atoms with Gasteiger partial charge in [0.15, 0.2) is 37.6 Å². The highest BCUT2D eigenvalue weighted by Crippen LogP contribution is 2.49. The molecular formula is C75H133O38P. The third kappa shape index (κ3) is 31.3. The Morgan fingerprint density at radius 3 is 1.05 bits per heavy atom. The van der Waals surface area contributed by atoms with Crippen molar-refractivity contribution in [1.29, 1.82) is 0 Å². The highest BCUT2D eigenvalue weighted by Gasteiger charge is 2.59. The fourth-order valence-electron chi connectivity index (χ4n) is 14.1. The van der Waals surface area contributed by atoms with E-state index in [1.54, 1.807) is 0 Å². The molecular weight excluding hydrogens is 1540 g/mol. The number of hydrogen-bond donors (Lipinski definition) is 21. The van der Waals surface area contributed by atoms with Gasteiger partial charge in [0.25, 0.3) is 0 Å². The molecule has 0 aromatic carbocycles. The number of phosphoric ester groups is 1. The Kier molecular flexibility index (Phi) is 46.2. The summed E-state index contributed by atoms with van der Waals surface area (Å²) in [5, 5.41) is 217. The summed E-state index contributed by atoms with van der Waals surface area (Å²) in [5.74, 6) is -1.49. The molecule has 6 rings (SSSR count). The van der Waals surface area contributed by atoms with Gasteiger partial charge in [0.1, 0.15) is 165 Å². The predicted molar refractivity (Wildman–Crippen MR) is 394 cm³/mol. The molecule has 21 N–H and O–H groups in total. The van der Waals surface area contributed by atoms with Crippen LogP contribution in [0.3, 0.4) is 0 Å². The number of aliphatic hydroxyl groups is 20. The van der Waals surface area contributed by atoms with E-state index in [0.717, 1.165) is 70.6 Å². The maximum atomic E-state index is 14.5. The third-order valence-electron chi connectivity index (χ3n) is 21.3. The Morgan fingerprint density at radius 1 is 0.351 bits per heavy atom. The molecule has 6 fully saturated rings. The standard InChI is InChI=1S/C75H133O38P/c1-3-5-7-9-11-13-15-17-19-21-23-25-27-29-31-33-48(78)100-37-42(105-49(79)34-32-30-28-26-24-22-20-18-16-14-12-10-8-6-4-2)38-104-114(98,99)113-70-68(111-74-66(96)56(86)51(81)44(36-77)107-74)61(91)60(90)62(92)69(70)112-75-67(97)59(89)54(84)47(110-75)41-103-73-65(95)58(88)53(83)46(109-73)40-102-72-64(94)57(87)52(82)45(108-72)39-101-71-63(93)55(85)50(80)43(35-76)106-71/h11,13,17,19,42-47,50-77,80-97H,3-10,12,14-16,18,20-41H2,1-2H3,(H,98,99)/b13-11-,19-17-/t42-,43?,44?,45?,46?,47?,50+,51-,52+,53+,54+,55?,56?,57?,58?,59?,60+,61?,62?,63+,64+,65+,66-,67+,68-,69?,70+,71-,72-,73-,74-,75+/m1/s1. The van der Waals surface area contributed by atoms with Crippen LogP contribution in [0.4, 0.5) is 0 Å². The van der Waals surface area contributed by atoms with E-state index < -0.39 is 262 Å². The Balaban J connectivity index is 1.13. The van der Waals surface area contributed by atoms with Gasteiger partial charge in [-0.1, -0.05) is 160 Å². The number of ether oxygens (including phenoxy) is 12. The van der Waals surface area contributed by atoms with E-state index in [9.17, 15) is 121 Å². The molecule has 0 aromatic rings. The fourth-order valence-corrected chi connectivity index (χ4v) is 15.1. The summed E-state index contributed by atoms with van der Waals surface area (Å²) >= 11 is 0. The molecule has 0 aromatic heterocycles. The van der Waals surface area contributed by atoms with Crippen LogP contribution in [-0.4, -0.2) is 361 Å². The Bertz CT molecular complexity index is 2730. The molecule has 1 aliphatic carbocycles. The van der Waals surface area contributed by atoms with Gasteiger partial charge in [0.2, 0.25) is 0 Å². The first-order valence-electron chi connectivity index (χ1n) is 40.7. The van der Waals surface area contributed by atoms with Crippen molar-refractivity contribution < 1.29 is 187 Å². The first kappa shape index (κ1) is 100. The number of allylic oxidation sites excluding steroid dienone is 4. The van der Waals surface area contributed by atoms with Gasteiger partial charge in [-0.05, 0) is 44.9 Å². The molecule has 5 heterocycles. The third-order valence-corrected chi connectivity index (χ3v) is 22.3. The highest BCUT2D eigenvalue weighted by atomic mass is 31.2. The van der Waals surface area contributed by atoms with Crippen molar-refractivity contribution in [3.63, 3.8) is 0 Å². The number of aliphatic hydroxyl groups excluding tert-OH is 20. The van der Waals surface area contributed by atoms with Crippen LogP contribution in [0.1, 0.15) is 194 Å². The van der Waals surface area contributed by atoms with Crippen molar-refractivity contribution in [3.05, 3.63) is 24.3 Å². The van der Waals surface area contributed by atoms with Gasteiger partial charge in [-0.3, -0.25) is 18.6 Å². The second-order valence-corrected chi connectivity index (χ2v) is 31.8. The lowest BCUT2D eigenvalue weighted by Gasteiger charge is -2.49. The van der Waals surface area contributed by atoms with Crippen molar-refractivity contribution in [2.45, 2.75) is 390 Å². The fraction of sp³-hybridized carbons (Fsp3) is 0.920. The van der Waals surface area contributed by atoms with E-state index in [0.29, 0.717) is 25.7 Å². The van der Waals surface area contributed by atoms with E-state index in [4.69, 9.17) is 65.9 Å². The maximum absolute atomic E-state index is 14.5. The minimum absolute atomic E-state index is 0.0361. The summed E-state index contributed by atoms with van der Waals surface area (Å²) < 4.78 is 93.0. The van der Waals surface area contributed by atoms with Gasteiger partial charge in [-0.15, -0.1) is 0 Å². The van der Waals surface area contributed by atoms with Crippen LogP contribution in [0.5, 0.6) is 0 Å². The van der Waals surface area contributed by atoms with E-state index >= 15 is 0 Å². The van der Waals surface area contributed by atoms with Crippen molar-refractivity contribution in [3.8, 4) is 0 Å². The molecule has 39 heteroatoms. The molecule has 33 atom stereocenters. The molecule has 0 radical (unpaired) electrons. The molecule has 114 heavy (non-hydrogen) atoms. The Hall–Kier alpha value is -2.67. The van der Waals surface area contributed by atoms with Crippen molar-refractivity contribution in [1.82, 2.24) is 0 Å². The minimum atomic E-state index is -5.86. The van der Waals surface area contributed by atoms with Gasteiger partial charge >= 0.3 is 19.8 Å². The average Bonchev–Trinajstić information content (AvgIpc) is 0.761. The molecule has 38 nitrogen and oxygen atoms in total. The molecule has 0 bridgehead atoms. The van der Waals surface area contributed by atoms with E-state index in [1.807, 2.05) is 0 Å². The number of hydrogen-bond acceptors (Lipinski definition) is 37. The number of unbranched alkanes of at least 4 members (excludes halogenated alkanes) is 22. The average molecular weight is 1670 g/mol. The van der Waals surface area contributed by atoms with Crippen LogP contribution in [0.15, 0.2) is 24.3 Å². The molecule has 5 saturated heterocycles. The molecule has 0 spiro atoms. The van der Waals surface area contributed by atoms with Gasteiger partial charge in [-0.25, -0.2) is 4.57 Å². The lowest BCUT2D eigenvalue weighted by molar-refractivity contribution is -0.365. The number of carbonyl (C=O) groups is 2. The monoisotopic (exact) mass is 1670 g/mol. The zero-order valence-corrected chi connectivity index (χ0v) is 66.2.